The molecule has 3 amide bonds. The van der Waals surface area contributed by atoms with Gasteiger partial charge in [-0.3, -0.25) is 19.8 Å². The molecule has 1 saturated carbocycles. The summed E-state index contributed by atoms with van der Waals surface area (Å²) in [4.78, 5) is 37.2. The molecule has 3 rings (SSSR count). The van der Waals surface area contributed by atoms with Gasteiger partial charge in [-0.15, -0.1) is 0 Å². The number of amides is 3. The predicted octanol–water partition coefficient (Wildman–Crippen LogP) is 1.91. The molecular weight excluding hydrogens is 296 g/mol. The molecule has 2 atom stereocenters. The van der Waals surface area contributed by atoms with E-state index in [4.69, 9.17) is 4.74 Å². The van der Waals surface area contributed by atoms with E-state index in [1.54, 1.807) is 24.3 Å². The van der Waals surface area contributed by atoms with Crippen LogP contribution in [0.5, 0.6) is 5.75 Å². The van der Waals surface area contributed by atoms with Gasteiger partial charge in [-0.25, -0.2) is 0 Å². The maximum Gasteiger partial charge on any atom is 0.274 e. The van der Waals surface area contributed by atoms with Gasteiger partial charge in [0.25, 0.3) is 17.7 Å². The highest BCUT2D eigenvalue weighted by molar-refractivity contribution is 6.08. The van der Waals surface area contributed by atoms with E-state index in [1.807, 2.05) is 6.92 Å². The van der Waals surface area contributed by atoms with Crippen LogP contribution in [-0.2, 0) is 9.59 Å². The van der Waals surface area contributed by atoms with Gasteiger partial charge in [0.1, 0.15) is 5.75 Å². The topological polar surface area (TPSA) is 75.7 Å². The summed E-state index contributed by atoms with van der Waals surface area (Å²) in [5.74, 6) is -1.21. The van der Waals surface area contributed by atoms with Crippen molar-refractivity contribution in [3.63, 3.8) is 0 Å². The first-order chi connectivity index (χ1) is 11.1. The minimum Gasteiger partial charge on any atom is -0.493 e. The zero-order valence-corrected chi connectivity index (χ0v) is 13.1. The average molecular weight is 316 g/mol. The van der Waals surface area contributed by atoms with Crippen molar-refractivity contribution in [1.29, 1.82) is 0 Å². The zero-order valence-electron chi connectivity index (χ0n) is 13.1. The van der Waals surface area contributed by atoms with Gasteiger partial charge in [-0.2, -0.15) is 5.01 Å². The summed E-state index contributed by atoms with van der Waals surface area (Å²) in [7, 11) is 0. The Labute approximate surface area is 134 Å². The number of fused-ring (bicyclic) bond motifs is 1. The third kappa shape index (κ3) is 2.81. The lowest BCUT2D eigenvalue weighted by atomic mass is 9.81. The minimum absolute atomic E-state index is 0.279. The molecule has 6 heteroatoms. The van der Waals surface area contributed by atoms with Crippen molar-refractivity contribution < 1.29 is 19.1 Å². The quantitative estimate of drug-likeness (QED) is 0.861. The van der Waals surface area contributed by atoms with Gasteiger partial charge in [-0.1, -0.05) is 25.0 Å². The molecule has 1 saturated heterocycles. The molecule has 1 heterocycles. The summed E-state index contributed by atoms with van der Waals surface area (Å²) >= 11 is 0. The Hall–Kier alpha value is -2.37. The zero-order chi connectivity index (χ0) is 16.4. The fourth-order valence-electron chi connectivity index (χ4n) is 3.37. The highest BCUT2D eigenvalue weighted by Crippen LogP contribution is 2.37. The Morgan fingerprint density at radius 1 is 1.17 bits per heavy atom. The van der Waals surface area contributed by atoms with Crippen LogP contribution in [-0.4, -0.2) is 29.3 Å². The van der Waals surface area contributed by atoms with Gasteiger partial charge in [0, 0.05) is 0 Å². The molecule has 2 aliphatic rings. The molecule has 6 nitrogen and oxygen atoms in total. The van der Waals surface area contributed by atoms with Crippen LogP contribution in [0.3, 0.4) is 0 Å². The molecular formula is C17H20N2O4. The molecule has 0 radical (unpaired) electrons. The van der Waals surface area contributed by atoms with Crippen molar-refractivity contribution in [2.45, 2.75) is 32.6 Å². The van der Waals surface area contributed by atoms with Crippen LogP contribution in [0.2, 0.25) is 0 Å². The van der Waals surface area contributed by atoms with E-state index in [0.717, 1.165) is 30.7 Å². The second kappa shape index (κ2) is 6.40. The van der Waals surface area contributed by atoms with Crippen molar-refractivity contribution in [2.75, 3.05) is 6.61 Å². The number of carbonyl (C=O) groups excluding carboxylic acids is 3. The lowest BCUT2D eigenvalue weighted by Crippen LogP contribution is -2.46. The molecule has 1 N–H and O–H groups in total. The second-order valence-electron chi connectivity index (χ2n) is 5.88. The summed E-state index contributed by atoms with van der Waals surface area (Å²) in [6, 6.07) is 6.78. The van der Waals surface area contributed by atoms with E-state index >= 15 is 0 Å². The standard InChI is InChI=1S/C17H20N2O4/c1-2-23-14-10-6-5-9-13(14)15(20)18-19-16(21)11-7-3-4-8-12(11)17(19)22/h5-6,9-12H,2-4,7-8H2,1H3,(H,18,20)/t11-,12-/m1/s1. The molecule has 23 heavy (non-hydrogen) atoms. The number of hydrogen-bond donors (Lipinski definition) is 1. The Kier molecular flexibility index (Phi) is 4.32. The van der Waals surface area contributed by atoms with E-state index in [2.05, 4.69) is 5.43 Å². The number of nitrogens with one attached hydrogen (secondary N) is 1. The molecule has 1 aromatic carbocycles. The maximum atomic E-state index is 12.5. The van der Waals surface area contributed by atoms with Crippen molar-refractivity contribution in [1.82, 2.24) is 10.4 Å². The lowest BCUT2D eigenvalue weighted by Gasteiger charge is -2.19. The third-order valence-corrected chi connectivity index (χ3v) is 4.49. The number of benzene rings is 1. The number of ether oxygens (including phenoxy) is 1. The number of nitrogens with zero attached hydrogens (tertiary/aromatic N) is 1. The lowest BCUT2D eigenvalue weighted by molar-refractivity contribution is -0.142. The number of imide groups is 1. The Bertz CT molecular complexity index is 619. The molecule has 1 aromatic rings. The number of hydrogen-bond acceptors (Lipinski definition) is 4. The van der Waals surface area contributed by atoms with Crippen molar-refractivity contribution >= 4 is 17.7 Å². The van der Waals surface area contributed by atoms with E-state index in [-0.39, 0.29) is 23.7 Å². The van der Waals surface area contributed by atoms with Crippen LogP contribution >= 0.6 is 0 Å². The Balaban J connectivity index is 1.78. The molecule has 1 aliphatic heterocycles. The van der Waals surface area contributed by atoms with Crippen LogP contribution in [0.1, 0.15) is 43.0 Å². The van der Waals surface area contributed by atoms with Gasteiger partial charge in [0.15, 0.2) is 0 Å². The highest BCUT2D eigenvalue weighted by Gasteiger charge is 2.49. The highest BCUT2D eigenvalue weighted by atomic mass is 16.5. The smallest absolute Gasteiger partial charge is 0.274 e. The van der Waals surface area contributed by atoms with Crippen LogP contribution < -0.4 is 10.2 Å². The molecule has 0 spiro atoms. The monoisotopic (exact) mass is 316 g/mol. The van der Waals surface area contributed by atoms with Gasteiger partial charge < -0.3 is 4.74 Å². The van der Waals surface area contributed by atoms with Crippen molar-refractivity contribution in [2.24, 2.45) is 11.8 Å². The fourth-order valence-corrected chi connectivity index (χ4v) is 3.37. The van der Waals surface area contributed by atoms with Crippen molar-refractivity contribution in [3.8, 4) is 5.75 Å². The molecule has 1 aliphatic carbocycles. The van der Waals surface area contributed by atoms with Gasteiger partial charge in [0.2, 0.25) is 0 Å². The normalized spacial score (nSPS) is 23.6. The first-order valence-corrected chi connectivity index (χ1v) is 8.04. The predicted molar refractivity (Wildman–Crippen MR) is 82.4 cm³/mol. The number of carbonyl (C=O) groups is 3. The molecule has 0 bridgehead atoms. The van der Waals surface area contributed by atoms with E-state index in [9.17, 15) is 14.4 Å². The van der Waals surface area contributed by atoms with E-state index < -0.39 is 5.91 Å². The Morgan fingerprint density at radius 3 is 2.39 bits per heavy atom. The third-order valence-electron chi connectivity index (χ3n) is 4.49. The van der Waals surface area contributed by atoms with Gasteiger partial charge in [-0.05, 0) is 31.9 Å². The summed E-state index contributed by atoms with van der Waals surface area (Å²) in [6.45, 7) is 2.25. The summed E-state index contributed by atoms with van der Waals surface area (Å²) in [5, 5.41) is 0.908. The van der Waals surface area contributed by atoms with Crippen LogP contribution in [0.15, 0.2) is 24.3 Å². The van der Waals surface area contributed by atoms with Crippen LogP contribution in [0.25, 0.3) is 0 Å². The molecule has 2 fully saturated rings. The van der Waals surface area contributed by atoms with Gasteiger partial charge >= 0.3 is 0 Å². The van der Waals surface area contributed by atoms with Crippen LogP contribution in [0, 0.1) is 11.8 Å². The van der Waals surface area contributed by atoms with Crippen molar-refractivity contribution in [3.05, 3.63) is 29.8 Å². The average Bonchev–Trinajstić information content (AvgIpc) is 2.81. The maximum absolute atomic E-state index is 12.5. The van der Waals surface area contributed by atoms with E-state index in [1.165, 1.54) is 0 Å². The summed E-state index contributed by atoms with van der Waals surface area (Å²) < 4.78 is 5.42. The second-order valence-corrected chi connectivity index (χ2v) is 5.88. The first kappa shape index (κ1) is 15.5. The summed E-state index contributed by atoms with van der Waals surface area (Å²) in [5.41, 5.74) is 2.78. The SMILES string of the molecule is CCOc1ccccc1C(=O)NN1C(=O)[C@@H]2CCCC[C@H]2C1=O. The largest absolute Gasteiger partial charge is 0.493 e. The number of para-hydroxylation sites is 1. The Morgan fingerprint density at radius 2 is 1.78 bits per heavy atom. The minimum atomic E-state index is -0.505. The van der Waals surface area contributed by atoms with Crippen LogP contribution in [0.4, 0.5) is 0 Å². The van der Waals surface area contributed by atoms with E-state index in [0.29, 0.717) is 17.9 Å². The van der Waals surface area contributed by atoms with Gasteiger partial charge in [0.05, 0.1) is 24.0 Å². The fraction of sp³-hybridized carbons (Fsp3) is 0.471. The molecule has 0 aromatic heterocycles. The molecule has 0 unspecified atom stereocenters. The molecule has 122 valence electrons. The summed E-state index contributed by atoms with van der Waals surface area (Å²) in [6.07, 6.45) is 3.35. The number of rotatable bonds is 4. The first-order valence-electron chi connectivity index (χ1n) is 8.04. The number of hydrazine groups is 1.